The molecule has 0 saturated carbocycles. The zero-order valence-corrected chi connectivity index (χ0v) is 14.9. The van der Waals surface area contributed by atoms with Gasteiger partial charge in [-0.25, -0.2) is 4.79 Å². The molecular formula is C20H27NO3. The maximum atomic E-state index is 12.2. The van der Waals surface area contributed by atoms with E-state index in [1.54, 1.807) is 0 Å². The summed E-state index contributed by atoms with van der Waals surface area (Å²) in [6.07, 6.45) is 2.15. The van der Waals surface area contributed by atoms with Crippen LogP contribution in [0.4, 0.5) is 10.5 Å². The number of fused-ring (bicyclic) bond motifs is 2. The molecule has 0 aromatic heterocycles. The first-order chi connectivity index (χ1) is 11.4. The van der Waals surface area contributed by atoms with Gasteiger partial charge in [0.1, 0.15) is 6.61 Å². The van der Waals surface area contributed by atoms with Crippen molar-refractivity contribution in [1.29, 1.82) is 0 Å². The molecule has 1 N–H and O–H groups in total. The van der Waals surface area contributed by atoms with Crippen LogP contribution in [0.3, 0.4) is 0 Å². The van der Waals surface area contributed by atoms with E-state index >= 15 is 0 Å². The first-order valence-electron chi connectivity index (χ1n) is 8.73. The highest BCUT2D eigenvalue weighted by atomic mass is 16.6. The highest BCUT2D eigenvalue weighted by Crippen LogP contribution is 2.52. The third-order valence-corrected chi connectivity index (χ3v) is 6.00. The second kappa shape index (κ2) is 6.60. The molecule has 4 heteroatoms. The van der Waals surface area contributed by atoms with Crippen molar-refractivity contribution >= 4 is 11.8 Å². The number of nitrogens with one attached hydrogen (secondary N) is 1. The van der Waals surface area contributed by atoms with Crippen LogP contribution in [-0.2, 0) is 9.47 Å². The molecule has 2 bridgehead atoms. The molecule has 1 aromatic carbocycles. The van der Waals surface area contributed by atoms with E-state index in [0.29, 0.717) is 31.0 Å². The van der Waals surface area contributed by atoms with Gasteiger partial charge in [-0.15, -0.1) is 0 Å². The molecule has 1 aliphatic heterocycles. The van der Waals surface area contributed by atoms with E-state index in [1.807, 2.05) is 30.3 Å². The summed E-state index contributed by atoms with van der Waals surface area (Å²) in [5.74, 6) is 1.14. The van der Waals surface area contributed by atoms with Crippen LogP contribution in [0.1, 0.15) is 27.7 Å². The van der Waals surface area contributed by atoms with Gasteiger partial charge in [0.15, 0.2) is 0 Å². The Hall–Kier alpha value is -1.81. The Kier molecular flexibility index (Phi) is 4.68. The average Bonchev–Trinajstić information content (AvgIpc) is 2.54. The summed E-state index contributed by atoms with van der Waals surface area (Å²) in [7, 11) is 0. The minimum Gasteiger partial charge on any atom is -0.449 e. The number of amides is 1. The van der Waals surface area contributed by atoms with Crippen molar-refractivity contribution in [3.63, 3.8) is 0 Å². The predicted octanol–water partition coefficient (Wildman–Crippen LogP) is 4.49. The number of carbonyl (C=O) groups is 1. The number of carbonyl (C=O) groups excluding carboxylic acids is 1. The minimum atomic E-state index is -0.406. The lowest BCUT2D eigenvalue weighted by molar-refractivity contribution is -0.156. The molecule has 1 fully saturated rings. The first-order valence-corrected chi connectivity index (χ1v) is 8.73. The number of ether oxygens (including phenoxy) is 2. The molecule has 1 heterocycles. The SMILES string of the molecule is CC1=C[C@@H](C)[C@@]2(COC(=O)Nc3ccccc3)CO[C@H](C)[C@@H]1[C@@H]2C. The molecule has 5 atom stereocenters. The van der Waals surface area contributed by atoms with Crippen molar-refractivity contribution in [3.8, 4) is 0 Å². The van der Waals surface area contributed by atoms with E-state index in [9.17, 15) is 4.79 Å². The quantitative estimate of drug-likeness (QED) is 0.831. The lowest BCUT2D eigenvalue weighted by Gasteiger charge is -2.54. The van der Waals surface area contributed by atoms with Crippen LogP contribution in [0, 0.1) is 23.2 Å². The van der Waals surface area contributed by atoms with Gasteiger partial charge in [-0.2, -0.15) is 0 Å². The van der Waals surface area contributed by atoms with Crippen molar-refractivity contribution < 1.29 is 14.3 Å². The molecule has 0 unspecified atom stereocenters. The number of rotatable bonds is 3. The molecule has 0 spiro atoms. The van der Waals surface area contributed by atoms with Crippen molar-refractivity contribution in [2.24, 2.45) is 23.2 Å². The van der Waals surface area contributed by atoms with Crippen molar-refractivity contribution in [3.05, 3.63) is 42.0 Å². The fraction of sp³-hybridized carbons (Fsp3) is 0.550. The summed E-state index contributed by atoms with van der Waals surface area (Å²) in [6.45, 7) is 9.82. The number of benzene rings is 1. The van der Waals surface area contributed by atoms with E-state index in [4.69, 9.17) is 9.47 Å². The monoisotopic (exact) mass is 329 g/mol. The number of para-hydroxylation sites is 1. The van der Waals surface area contributed by atoms with E-state index in [-0.39, 0.29) is 11.5 Å². The third-order valence-electron chi connectivity index (χ3n) is 6.00. The van der Waals surface area contributed by atoms with Gasteiger partial charge in [-0.1, -0.05) is 43.7 Å². The van der Waals surface area contributed by atoms with E-state index in [2.05, 4.69) is 39.1 Å². The molecular weight excluding hydrogens is 302 g/mol. The maximum Gasteiger partial charge on any atom is 0.411 e. The second-order valence-corrected chi connectivity index (χ2v) is 7.33. The van der Waals surface area contributed by atoms with Gasteiger partial charge in [0, 0.05) is 17.0 Å². The molecule has 1 aromatic rings. The minimum absolute atomic E-state index is 0.148. The Labute approximate surface area is 144 Å². The van der Waals surface area contributed by atoms with E-state index < -0.39 is 6.09 Å². The predicted molar refractivity (Wildman–Crippen MR) is 94.8 cm³/mol. The third kappa shape index (κ3) is 2.95. The fourth-order valence-electron chi connectivity index (χ4n) is 4.45. The maximum absolute atomic E-state index is 12.2. The van der Waals surface area contributed by atoms with Gasteiger partial charge in [-0.05, 0) is 37.8 Å². The molecule has 1 aliphatic carbocycles. The molecule has 4 nitrogen and oxygen atoms in total. The highest BCUT2D eigenvalue weighted by molar-refractivity contribution is 5.84. The summed E-state index contributed by atoms with van der Waals surface area (Å²) in [4.78, 5) is 12.2. The normalized spacial score (nSPS) is 35.1. The lowest BCUT2D eigenvalue weighted by atomic mass is 9.56. The fourth-order valence-corrected chi connectivity index (χ4v) is 4.45. The van der Waals surface area contributed by atoms with Gasteiger partial charge in [0.05, 0.1) is 12.7 Å². The van der Waals surface area contributed by atoms with Crippen LogP contribution in [0.2, 0.25) is 0 Å². The van der Waals surface area contributed by atoms with Gasteiger partial charge >= 0.3 is 6.09 Å². The summed E-state index contributed by atoms with van der Waals surface area (Å²) >= 11 is 0. The van der Waals surface area contributed by atoms with Crippen LogP contribution >= 0.6 is 0 Å². The summed E-state index contributed by atoms with van der Waals surface area (Å²) < 4.78 is 11.7. The Bertz CT molecular complexity index is 627. The Morgan fingerprint density at radius 2 is 2.00 bits per heavy atom. The average molecular weight is 329 g/mol. The van der Waals surface area contributed by atoms with Gasteiger partial charge < -0.3 is 9.47 Å². The lowest BCUT2D eigenvalue weighted by Crippen LogP contribution is -2.56. The molecule has 1 amide bonds. The summed E-state index contributed by atoms with van der Waals surface area (Å²) in [6, 6.07) is 9.37. The van der Waals surface area contributed by atoms with E-state index in [1.165, 1.54) is 5.57 Å². The molecule has 0 radical (unpaired) electrons. The number of allylic oxidation sites excluding steroid dienone is 1. The van der Waals surface area contributed by atoms with Gasteiger partial charge in [-0.3, -0.25) is 5.32 Å². The Morgan fingerprint density at radius 3 is 2.71 bits per heavy atom. The first kappa shape index (κ1) is 17.0. The number of hydrogen-bond donors (Lipinski definition) is 1. The molecule has 1 saturated heterocycles. The number of anilines is 1. The highest BCUT2D eigenvalue weighted by Gasteiger charge is 2.53. The van der Waals surface area contributed by atoms with Gasteiger partial charge in [0.2, 0.25) is 0 Å². The summed E-state index contributed by atoms with van der Waals surface area (Å²) in [5, 5.41) is 2.78. The largest absolute Gasteiger partial charge is 0.449 e. The summed E-state index contributed by atoms with van der Waals surface area (Å²) in [5.41, 5.74) is 1.99. The Balaban J connectivity index is 1.70. The topological polar surface area (TPSA) is 47.6 Å². The molecule has 2 aliphatic rings. The zero-order valence-electron chi connectivity index (χ0n) is 14.9. The van der Waals surface area contributed by atoms with E-state index in [0.717, 1.165) is 5.69 Å². The van der Waals surface area contributed by atoms with Gasteiger partial charge in [0.25, 0.3) is 0 Å². The Morgan fingerprint density at radius 1 is 1.29 bits per heavy atom. The smallest absolute Gasteiger partial charge is 0.411 e. The van der Waals surface area contributed by atoms with Crippen LogP contribution in [-0.4, -0.2) is 25.4 Å². The zero-order chi connectivity index (χ0) is 17.3. The van der Waals surface area contributed by atoms with Crippen molar-refractivity contribution in [2.45, 2.75) is 33.8 Å². The van der Waals surface area contributed by atoms with Crippen LogP contribution in [0.5, 0.6) is 0 Å². The van der Waals surface area contributed by atoms with Crippen LogP contribution in [0.15, 0.2) is 42.0 Å². The van der Waals surface area contributed by atoms with Crippen molar-refractivity contribution in [2.75, 3.05) is 18.5 Å². The molecule has 3 rings (SSSR count). The van der Waals surface area contributed by atoms with Crippen LogP contribution in [0.25, 0.3) is 0 Å². The molecule has 24 heavy (non-hydrogen) atoms. The second-order valence-electron chi connectivity index (χ2n) is 7.33. The number of hydrogen-bond acceptors (Lipinski definition) is 3. The molecule has 130 valence electrons. The van der Waals surface area contributed by atoms with Crippen LogP contribution < -0.4 is 5.32 Å². The standard InChI is InChI=1S/C20H27NO3/c1-13-10-14(2)20(11-23-16(4)18(13)15(20)3)12-24-19(22)21-17-8-6-5-7-9-17/h5-10,14-16,18H,11-12H2,1-4H3,(H,21,22)/t14-,15+,16-,18+,20+/m1/s1. The van der Waals surface area contributed by atoms with Crippen molar-refractivity contribution in [1.82, 2.24) is 0 Å².